The van der Waals surface area contributed by atoms with Crippen molar-refractivity contribution >= 4 is 16.8 Å². The molecular formula is C17H19N3O. The average molecular weight is 281 g/mol. The second-order valence-electron chi connectivity index (χ2n) is 5.32. The normalized spacial score (nSPS) is 10.9. The summed E-state index contributed by atoms with van der Waals surface area (Å²) in [5, 5.41) is 4.21. The molecule has 0 fully saturated rings. The van der Waals surface area contributed by atoms with Crippen molar-refractivity contribution in [2.75, 3.05) is 6.54 Å². The predicted molar refractivity (Wildman–Crippen MR) is 84.1 cm³/mol. The summed E-state index contributed by atoms with van der Waals surface area (Å²) in [7, 11) is 1.96. The van der Waals surface area contributed by atoms with E-state index in [4.69, 9.17) is 0 Å². The zero-order chi connectivity index (χ0) is 14.7. The van der Waals surface area contributed by atoms with Gasteiger partial charge in [0.05, 0.1) is 6.42 Å². The van der Waals surface area contributed by atoms with Crippen molar-refractivity contribution in [3.8, 4) is 0 Å². The Morgan fingerprint density at radius 2 is 2.14 bits per heavy atom. The maximum atomic E-state index is 11.9. The van der Waals surface area contributed by atoms with Crippen molar-refractivity contribution in [3.63, 3.8) is 0 Å². The zero-order valence-corrected chi connectivity index (χ0v) is 12.1. The van der Waals surface area contributed by atoms with Gasteiger partial charge in [-0.05, 0) is 29.7 Å². The maximum Gasteiger partial charge on any atom is 0.224 e. The molecule has 0 saturated carbocycles. The second kappa shape index (κ2) is 5.87. The molecule has 0 bridgehead atoms. The number of rotatable bonds is 5. The molecule has 1 aromatic carbocycles. The Balaban J connectivity index is 1.53. The highest BCUT2D eigenvalue weighted by atomic mass is 16.1. The molecule has 21 heavy (non-hydrogen) atoms. The Hall–Kier alpha value is -2.49. The highest BCUT2D eigenvalue weighted by Gasteiger charge is 2.06. The van der Waals surface area contributed by atoms with E-state index in [0.717, 1.165) is 17.5 Å². The topological polar surface area (TPSA) is 49.8 Å². The SMILES string of the molecule is Cn1ccc(CC(=O)NCCc2c[nH]c3ccccc23)c1. The van der Waals surface area contributed by atoms with Crippen LogP contribution in [0.2, 0.25) is 0 Å². The number of H-pyrrole nitrogens is 1. The summed E-state index contributed by atoms with van der Waals surface area (Å²) in [4.78, 5) is 15.1. The summed E-state index contributed by atoms with van der Waals surface area (Å²) >= 11 is 0. The van der Waals surface area contributed by atoms with Crippen molar-refractivity contribution in [1.29, 1.82) is 0 Å². The van der Waals surface area contributed by atoms with Gasteiger partial charge in [-0.2, -0.15) is 0 Å². The van der Waals surface area contributed by atoms with Crippen LogP contribution in [0.25, 0.3) is 10.9 Å². The fourth-order valence-corrected chi connectivity index (χ4v) is 2.59. The van der Waals surface area contributed by atoms with Gasteiger partial charge in [-0.15, -0.1) is 0 Å². The summed E-state index contributed by atoms with van der Waals surface area (Å²) in [5.74, 6) is 0.0704. The lowest BCUT2D eigenvalue weighted by atomic mass is 10.1. The van der Waals surface area contributed by atoms with Crippen LogP contribution in [0.15, 0.2) is 48.9 Å². The summed E-state index contributed by atoms with van der Waals surface area (Å²) in [6, 6.07) is 10.2. The number of aromatic nitrogens is 2. The molecule has 0 unspecified atom stereocenters. The number of hydrogen-bond acceptors (Lipinski definition) is 1. The molecule has 4 nitrogen and oxygen atoms in total. The Kier molecular flexibility index (Phi) is 3.77. The van der Waals surface area contributed by atoms with Crippen LogP contribution in [0.1, 0.15) is 11.1 Å². The van der Waals surface area contributed by atoms with Crippen LogP contribution in [0.3, 0.4) is 0 Å². The average Bonchev–Trinajstić information content (AvgIpc) is 3.06. The van der Waals surface area contributed by atoms with Gasteiger partial charge in [-0.25, -0.2) is 0 Å². The van der Waals surface area contributed by atoms with Crippen molar-refractivity contribution in [2.24, 2.45) is 7.05 Å². The Morgan fingerprint density at radius 1 is 1.29 bits per heavy atom. The van der Waals surface area contributed by atoms with Crippen LogP contribution in [0, 0.1) is 0 Å². The van der Waals surface area contributed by atoms with Crippen LogP contribution in [-0.4, -0.2) is 22.0 Å². The first-order valence-corrected chi connectivity index (χ1v) is 7.15. The Bertz CT molecular complexity index is 754. The lowest BCUT2D eigenvalue weighted by molar-refractivity contribution is -0.120. The van der Waals surface area contributed by atoms with Crippen molar-refractivity contribution in [3.05, 3.63) is 60.0 Å². The van der Waals surface area contributed by atoms with E-state index in [-0.39, 0.29) is 5.91 Å². The molecule has 0 aliphatic carbocycles. The van der Waals surface area contributed by atoms with Crippen molar-refractivity contribution in [1.82, 2.24) is 14.9 Å². The quantitative estimate of drug-likeness (QED) is 0.741. The molecule has 2 N–H and O–H groups in total. The molecule has 0 aliphatic heterocycles. The first-order chi connectivity index (χ1) is 10.2. The Morgan fingerprint density at radius 3 is 2.95 bits per heavy atom. The molecule has 2 aromatic heterocycles. The lowest BCUT2D eigenvalue weighted by Crippen LogP contribution is -2.27. The smallest absolute Gasteiger partial charge is 0.224 e. The van der Waals surface area contributed by atoms with Gasteiger partial charge in [-0.3, -0.25) is 4.79 Å². The molecule has 3 aromatic rings. The van der Waals surface area contributed by atoms with Crippen LogP contribution in [0.4, 0.5) is 0 Å². The number of aryl methyl sites for hydroxylation is 1. The van der Waals surface area contributed by atoms with Crippen LogP contribution >= 0.6 is 0 Å². The number of carbonyl (C=O) groups is 1. The summed E-state index contributed by atoms with van der Waals surface area (Å²) in [6.07, 6.45) is 7.22. The van der Waals surface area contributed by atoms with Crippen LogP contribution in [-0.2, 0) is 24.7 Å². The lowest BCUT2D eigenvalue weighted by Gasteiger charge is -2.04. The van der Waals surface area contributed by atoms with Gasteiger partial charge in [0.1, 0.15) is 0 Å². The van der Waals surface area contributed by atoms with E-state index in [9.17, 15) is 4.79 Å². The van der Waals surface area contributed by atoms with Gasteiger partial charge in [0.15, 0.2) is 0 Å². The summed E-state index contributed by atoms with van der Waals surface area (Å²) < 4.78 is 1.95. The van der Waals surface area contributed by atoms with Crippen molar-refractivity contribution < 1.29 is 4.79 Å². The number of benzene rings is 1. The third-order valence-corrected chi connectivity index (χ3v) is 3.65. The van der Waals surface area contributed by atoms with Gasteiger partial charge in [0, 0.05) is 43.1 Å². The number of amides is 1. The third-order valence-electron chi connectivity index (χ3n) is 3.65. The molecule has 0 spiro atoms. The fourth-order valence-electron chi connectivity index (χ4n) is 2.59. The van der Waals surface area contributed by atoms with Crippen LogP contribution < -0.4 is 5.32 Å². The van der Waals surface area contributed by atoms with Crippen molar-refractivity contribution in [2.45, 2.75) is 12.8 Å². The molecule has 0 saturated heterocycles. The first-order valence-electron chi connectivity index (χ1n) is 7.15. The van der Waals surface area contributed by atoms with E-state index in [2.05, 4.69) is 22.4 Å². The number of hydrogen-bond donors (Lipinski definition) is 2. The number of nitrogens with zero attached hydrogens (tertiary/aromatic N) is 1. The summed E-state index contributed by atoms with van der Waals surface area (Å²) in [6.45, 7) is 0.660. The van der Waals surface area contributed by atoms with E-state index in [1.165, 1.54) is 10.9 Å². The minimum absolute atomic E-state index is 0.0704. The minimum Gasteiger partial charge on any atom is -0.361 e. The van der Waals surface area contributed by atoms with Crippen LogP contribution in [0.5, 0.6) is 0 Å². The number of para-hydroxylation sites is 1. The monoisotopic (exact) mass is 281 g/mol. The summed E-state index contributed by atoms with van der Waals surface area (Å²) in [5.41, 5.74) is 3.43. The number of carbonyl (C=O) groups excluding carboxylic acids is 1. The van der Waals surface area contributed by atoms with E-state index in [1.54, 1.807) is 0 Å². The molecule has 0 radical (unpaired) electrons. The molecule has 4 heteroatoms. The van der Waals surface area contributed by atoms with E-state index in [0.29, 0.717) is 13.0 Å². The highest BCUT2D eigenvalue weighted by molar-refractivity contribution is 5.83. The maximum absolute atomic E-state index is 11.9. The number of aromatic amines is 1. The van der Waals surface area contributed by atoms with E-state index >= 15 is 0 Å². The highest BCUT2D eigenvalue weighted by Crippen LogP contribution is 2.17. The standard InChI is InChI=1S/C17H19N3O/c1-20-9-7-13(12-20)10-17(21)18-8-6-14-11-19-16-5-3-2-4-15(14)16/h2-5,7,9,11-12,19H,6,8,10H2,1H3,(H,18,21). The van der Waals surface area contributed by atoms with Gasteiger partial charge in [-0.1, -0.05) is 18.2 Å². The first kappa shape index (κ1) is 13.5. The molecule has 2 heterocycles. The zero-order valence-electron chi connectivity index (χ0n) is 12.1. The fraction of sp³-hybridized carbons (Fsp3) is 0.235. The number of nitrogens with one attached hydrogen (secondary N) is 2. The molecule has 1 amide bonds. The second-order valence-corrected chi connectivity index (χ2v) is 5.32. The molecule has 108 valence electrons. The third kappa shape index (κ3) is 3.16. The van der Waals surface area contributed by atoms with Gasteiger partial charge < -0.3 is 14.9 Å². The molecular weight excluding hydrogens is 262 g/mol. The van der Waals surface area contributed by atoms with Gasteiger partial charge in [0.25, 0.3) is 0 Å². The minimum atomic E-state index is 0.0704. The Labute approximate surface area is 123 Å². The van der Waals surface area contributed by atoms with E-state index < -0.39 is 0 Å². The van der Waals surface area contributed by atoms with Gasteiger partial charge in [0.2, 0.25) is 5.91 Å². The predicted octanol–water partition coefficient (Wildman–Crippen LogP) is 2.41. The van der Waals surface area contributed by atoms with E-state index in [1.807, 2.05) is 48.4 Å². The molecule has 3 rings (SSSR count). The molecule has 0 aliphatic rings. The largest absolute Gasteiger partial charge is 0.361 e. The van der Waals surface area contributed by atoms with Gasteiger partial charge >= 0.3 is 0 Å². The molecule has 0 atom stereocenters. The number of fused-ring (bicyclic) bond motifs is 1.